The molecule has 2 fully saturated rings. The molecule has 0 unspecified atom stereocenters. The summed E-state index contributed by atoms with van der Waals surface area (Å²) in [5, 5.41) is 6.22. The molecule has 0 aliphatic carbocycles. The Bertz CT molecular complexity index is 35.6. The maximum absolute atomic E-state index is 3.11. The zero-order valence-corrected chi connectivity index (χ0v) is 5.82. The van der Waals surface area contributed by atoms with Crippen LogP contribution in [0.15, 0.2) is 0 Å². The highest BCUT2D eigenvalue weighted by Gasteiger charge is 1.92. The predicted octanol–water partition coefficient (Wildman–Crippen LogP) is 0.215. The van der Waals surface area contributed by atoms with E-state index < -0.39 is 0 Å². The van der Waals surface area contributed by atoms with E-state index in [1.807, 2.05) is 0 Å². The van der Waals surface area contributed by atoms with Gasteiger partial charge >= 0.3 is 0 Å². The summed E-state index contributed by atoms with van der Waals surface area (Å²) in [6.45, 7) is 5.00. The fourth-order valence-corrected chi connectivity index (χ4v) is 0.354. The SMILES string of the molecule is C.C1CNC1.C1CNC1.[B]. The first-order valence-corrected chi connectivity index (χ1v) is 3.41. The molecule has 0 spiro atoms. The Labute approximate surface area is 66.4 Å². The molecule has 0 bridgehead atoms. The lowest BCUT2D eigenvalue weighted by atomic mass is 10.3. The third kappa shape index (κ3) is 6.11. The third-order valence-electron chi connectivity index (χ3n) is 1.41. The Hall–Kier alpha value is -0.0151. The predicted molar refractivity (Wildman–Crippen MR) is 47.5 cm³/mol. The second-order valence-corrected chi connectivity index (χ2v) is 2.21. The number of hydrogen-bond donors (Lipinski definition) is 2. The minimum atomic E-state index is 0. The average molecular weight is 141 g/mol. The fourth-order valence-electron chi connectivity index (χ4n) is 0.354. The summed E-state index contributed by atoms with van der Waals surface area (Å²) in [6.07, 6.45) is 2.78. The summed E-state index contributed by atoms with van der Waals surface area (Å²) in [5.74, 6) is 0. The van der Waals surface area contributed by atoms with E-state index in [2.05, 4.69) is 10.6 Å². The molecule has 2 heterocycles. The van der Waals surface area contributed by atoms with Gasteiger partial charge < -0.3 is 10.6 Å². The maximum atomic E-state index is 3.11. The molecule has 2 saturated heterocycles. The van der Waals surface area contributed by atoms with Crippen molar-refractivity contribution in [3.05, 3.63) is 0 Å². The van der Waals surface area contributed by atoms with Crippen molar-refractivity contribution in [2.24, 2.45) is 0 Å². The molecule has 0 amide bonds. The minimum absolute atomic E-state index is 0. The minimum Gasteiger partial charge on any atom is -0.317 e. The van der Waals surface area contributed by atoms with Gasteiger partial charge in [0.05, 0.1) is 0 Å². The lowest BCUT2D eigenvalue weighted by Crippen LogP contribution is -2.29. The number of rotatable bonds is 0. The highest BCUT2D eigenvalue weighted by molar-refractivity contribution is 5.75. The molecule has 0 saturated carbocycles. The Morgan fingerprint density at radius 3 is 0.800 bits per heavy atom. The van der Waals surface area contributed by atoms with Crippen molar-refractivity contribution in [2.45, 2.75) is 20.3 Å². The first-order chi connectivity index (χ1) is 4.00. The van der Waals surface area contributed by atoms with Crippen LogP contribution in [0.25, 0.3) is 0 Å². The van der Waals surface area contributed by atoms with Gasteiger partial charge in [-0.3, -0.25) is 0 Å². The Kier molecular flexibility index (Phi) is 11.4. The van der Waals surface area contributed by atoms with Crippen molar-refractivity contribution in [3.63, 3.8) is 0 Å². The Balaban J connectivity index is 0. The van der Waals surface area contributed by atoms with E-state index in [9.17, 15) is 0 Å². The van der Waals surface area contributed by atoms with Crippen molar-refractivity contribution in [1.29, 1.82) is 0 Å². The topological polar surface area (TPSA) is 24.1 Å². The second kappa shape index (κ2) is 8.98. The highest BCUT2D eigenvalue weighted by atomic mass is 14.9. The quantitative estimate of drug-likeness (QED) is 0.471. The lowest BCUT2D eigenvalue weighted by Gasteiger charge is -2.09. The molecule has 10 heavy (non-hydrogen) atoms. The van der Waals surface area contributed by atoms with Gasteiger partial charge in [0.1, 0.15) is 0 Å². The standard InChI is InChI=1S/2C3H7N.CH4.B/c2*1-2-4-3-1;;/h2*4H,1-3H2;1H4;. The average Bonchev–Trinajstić information content (AvgIpc) is 1.12. The van der Waals surface area contributed by atoms with Crippen LogP contribution >= 0.6 is 0 Å². The molecule has 2 nitrogen and oxygen atoms in total. The van der Waals surface area contributed by atoms with Crippen LogP contribution in [-0.4, -0.2) is 34.6 Å². The summed E-state index contributed by atoms with van der Waals surface area (Å²) in [6, 6.07) is 0. The van der Waals surface area contributed by atoms with E-state index in [1.54, 1.807) is 0 Å². The molecule has 3 heteroatoms. The molecule has 0 aromatic rings. The van der Waals surface area contributed by atoms with Crippen LogP contribution in [0.4, 0.5) is 0 Å². The van der Waals surface area contributed by atoms with Gasteiger partial charge in [0.15, 0.2) is 0 Å². The highest BCUT2D eigenvalue weighted by Crippen LogP contribution is 1.81. The molecule has 2 aliphatic heterocycles. The molecule has 0 atom stereocenters. The summed E-state index contributed by atoms with van der Waals surface area (Å²) >= 11 is 0. The molecule has 2 aliphatic rings. The molecule has 2 N–H and O–H groups in total. The van der Waals surface area contributed by atoms with Crippen LogP contribution in [0.3, 0.4) is 0 Å². The number of nitrogens with one attached hydrogen (secondary N) is 2. The fraction of sp³-hybridized carbons (Fsp3) is 1.00. The molecule has 0 aromatic heterocycles. The first kappa shape index (κ1) is 12.6. The van der Waals surface area contributed by atoms with E-state index in [0.717, 1.165) is 0 Å². The van der Waals surface area contributed by atoms with Crippen LogP contribution in [0.5, 0.6) is 0 Å². The molecule has 3 radical (unpaired) electrons. The lowest BCUT2D eigenvalue weighted by molar-refractivity contribution is 0.527. The zero-order valence-electron chi connectivity index (χ0n) is 5.82. The van der Waals surface area contributed by atoms with Crippen LogP contribution < -0.4 is 10.6 Å². The molecular formula is C7H18BN2. The summed E-state index contributed by atoms with van der Waals surface area (Å²) in [5.41, 5.74) is 0. The van der Waals surface area contributed by atoms with E-state index in [1.165, 1.54) is 39.0 Å². The van der Waals surface area contributed by atoms with E-state index in [4.69, 9.17) is 0 Å². The summed E-state index contributed by atoms with van der Waals surface area (Å²) in [7, 11) is 0. The van der Waals surface area contributed by atoms with Crippen LogP contribution in [0.1, 0.15) is 20.3 Å². The molecule has 0 aromatic carbocycles. The summed E-state index contributed by atoms with van der Waals surface area (Å²) in [4.78, 5) is 0. The monoisotopic (exact) mass is 141 g/mol. The zero-order chi connectivity index (χ0) is 5.66. The van der Waals surface area contributed by atoms with Gasteiger partial charge in [-0.2, -0.15) is 0 Å². The van der Waals surface area contributed by atoms with E-state index in [-0.39, 0.29) is 15.8 Å². The maximum Gasteiger partial charge on any atom is 0 e. The van der Waals surface area contributed by atoms with Crippen molar-refractivity contribution in [2.75, 3.05) is 26.2 Å². The van der Waals surface area contributed by atoms with Gasteiger partial charge in [-0.15, -0.1) is 0 Å². The van der Waals surface area contributed by atoms with Crippen LogP contribution in [0, 0.1) is 0 Å². The molecular weight excluding hydrogens is 123 g/mol. The van der Waals surface area contributed by atoms with Gasteiger partial charge in [0, 0.05) is 8.41 Å². The smallest absolute Gasteiger partial charge is 0 e. The molecule has 59 valence electrons. The van der Waals surface area contributed by atoms with Crippen molar-refractivity contribution in [3.8, 4) is 0 Å². The van der Waals surface area contributed by atoms with Crippen LogP contribution in [0.2, 0.25) is 0 Å². The normalized spacial score (nSPS) is 19.2. The van der Waals surface area contributed by atoms with Gasteiger partial charge in [0.25, 0.3) is 0 Å². The van der Waals surface area contributed by atoms with Gasteiger partial charge in [-0.05, 0) is 39.0 Å². The van der Waals surface area contributed by atoms with Gasteiger partial charge in [0.2, 0.25) is 0 Å². The van der Waals surface area contributed by atoms with Crippen molar-refractivity contribution in [1.82, 2.24) is 10.6 Å². The van der Waals surface area contributed by atoms with Gasteiger partial charge in [-0.1, -0.05) is 7.43 Å². The van der Waals surface area contributed by atoms with E-state index >= 15 is 0 Å². The van der Waals surface area contributed by atoms with Crippen molar-refractivity contribution < 1.29 is 0 Å². The van der Waals surface area contributed by atoms with Gasteiger partial charge in [-0.25, -0.2) is 0 Å². The molecule has 2 rings (SSSR count). The Morgan fingerprint density at radius 1 is 0.700 bits per heavy atom. The second-order valence-electron chi connectivity index (χ2n) is 2.21. The largest absolute Gasteiger partial charge is 0.317 e. The Morgan fingerprint density at radius 2 is 0.800 bits per heavy atom. The first-order valence-electron chi connectivity index (χ1n) is 3.41. The van der Waals surface area contributed by atoms with E-state index in [0.29, 0.717) is 0 Å². The summed E-state index contributed by atoms with van der Waals surface area (Å²) < 4.78 is 0. The number of hydrogen-bond acceptors (Lipinski definition) is 2. The third-order valence-corrected chi connectivity index (χ3v) is 1.41. The van der Waals surface area contributed by atoms with Crippen molar-refractivity contribution >= 4 is 8.41 Å². The van der Waals surface area contributed by atoms with Crippen LogP contribution in [-0.2, 0) is 0 Å².